The van der Waals surface area contributed by atoms with Crippen LogP contribution in [-0.2, 0) is 6.54 Å². The molecule has 0 bridgehead atoms. The lowest BCUT2D eigenvalue weighted by Gasteiger charge is -2.09. The van der Waals surface area contributed by atoms with Gasteiger partial charge in [0.15, 0.2) is 6.29 Å². The zero-order valence-electron chi connectivity index (χ0n) is 10.1. The molecule has 0 fully saturated rings. The number of carbonyl (C=O) groups excluding carboxylic acids is 1. The quantitative estimate of drug-likeness (QED) is 0.623. The van der Waals surface area contributed by atoms with E-state index in [1.165, 1.54) is 0 Å². The standard InChI is InChI=1S/C14H13ClN2O/c1-3-7-17-10(2)12(9-18)13(15)14(17)11-5-4-6-16-8-11/h3-6,8-9H,1,7H2,2H3. The first-order valence-corrected chi connectivity index (χ1v) is 5.93. The minimum Gasteiger partial charge on any atom is -0.339 e. The van der Waals surface area contributed by atoms with Gasteiger partial charge in [0.25, 0.3) is 0 Å². The Morgan fingerprint density at radius 2 is 2.33 bits per heavy atom. The van der Waals surface area contributed by atoms with Crippen molar-refractivity contribution < 1.29 is 4.79 Å². The summed E-state index contributed by atoms with van der Waals surface area (Å²) in [7, 11) is 0. The number of pyridine rings is 1. The number of hydrogen-bond acceptors (Lipinski definition) is 2. The molecule has 2 aromatic rings. The van der Waals surface area contributed by atoms with Gasteiger partial charge in [-0.25, -0.2) is 0 Å². The van der Waals surface area contributed by atoms with Crippen molar-refractivity contribution in [3.8, 4) is 11.3 Å². The van der Waals surface area contributed by atoms with Crippen LogP contribution in [0, 0.1) is 6.92 Å². The monoisotopic (exact) mass is 260 g/mol. The molecule has 18 heavy (non-hydrogen) atoms. The molecular weight excluding hydrogens is 248 g/mol. The van der Waals surface area contributed by atoms with Gasteiger partial charge in [-0.3, -0.25) is 9.78 Å². The summed E-state index contributed by atoms with van der Waals surface area (Å²) < 4.78 is 1.97. The fraction of sp³-hybridized carbons (Fsp3) is 0.143. The van der Waals surface area contributed by atoms with Crippen LogP contribution in [0.15, 0.2) is 37.2 Å². The van der Waals surface area contributed by atoms with Gasteiger partial charge in [0.05, 0.1) is 16.3 Å². The van der Waals surface area contributed by atoms with Crippen LogP contribution in [0.3, 0.4) is 0 Å². The Labute approximate surface area is 111 Å². The largest absolute Gasteiger partial charge is 0.339 e. The van der Waals surface area contributed by atoms with E-state index in [4.69, 9.17) is 11.6 Å². The van der Waals surface area contributed by atoms with Gasteiger partial charge in [-0.2, -0.15) is 0 Å². The normalized spacial score (nSPS) is 10.3. The Morgan fingerprint density at radius 1 is 1.56 bits per heavy atom. The van der Waals surface area contributed by atoms with Crippen LogP contribution in [0.2, 0.25) is 5.02 Å². The number of halogens is 1. The summed E-state index contributed by atoms with van der Waals surface area (Å²) in [5.41, 5.74) is 3.07. The molecule has 0 aliphatic rings. The summed E-state index contributed by atoms with van der Waals surface area (Å²) in [6, 6.07) is 3.76. The lowest BCUT2D eigenvalue weighted by molar-refractivity contribution is 0.112. The number of aromatic nitrogens is 2. The van der Waals surface area contributed by atoms with Gasteiger partial charge in [-0.15, -0.1) is 6.58 Å². The van der Waals surface area contributed by atoms with Crippen LogP contribution in [0.1, 0.15) is 16.1 Å². The first-order valence-electron chi connectivity index (χ1n) is 5.55. The highest BCUT2D eigenvalue weighted by atomic mass is 35.5. The minimum absolute atomic E-state index is 0.470. The maximum atomic E-state index is 11.1. The van der Waals surface area contributed by atoms with Crippen molar-refractivity contribution in [1.82, 2.24) is 9.55 Å². The predicted molar refractivity (Wildman–Crippen MR) is 73.0 cm³/mol. The van der Waals surface area contributed by atoms with E-state index in [9.17, 15) is 4.79 Å². The SMILES string of the molecule is C=CCn1c(C)c(C=O)c(Cl)c1-c1cccnc1. The Morgan fingerprint density at radius 3 is 2.89 bits per heavy atom. The van der Waals surface area contributed by atoms with Crippen molar-refractivity contribution in [1.29, 1.82) is 0 Å². The summed E-state index contributed by atoms with van der Waals surface area (Å²) in [5, 5.41) is 0.470. The van der Waals surface area contributed by atoms with Crippen molar-refractivity contribution in [3.05, 3.63) is 53.5 Å². The summed E-state index contributed by atoms with van der Waals surface area (Å²) in [6.07, 6.45) is 6.00. The molecule has 0 N–H and O–H groups in total. The number of allylic oxidation sites excluding steroid dienone is 1. The second-order valence-electron chi connectivity index (χ2n) is 3.92. The van der Waals surface area contributed by atoms with Gasteiger partial charge >= 0.3 is 0 Å². The summed E-state index contributed by atoms with van der Waals surface area (Å²) in [4.78, 5) is 15.2. The van der Waals surface area contributed by atoms with Crippen LogP contribution >= 0.6 is 11.6 Å². The third-order valence-corrected chi connectivity index (χ3v) is 3.26. The molecule has 0 atom stereocenters. The Bertz CT molecular complexity index is 588. The Balaban J connectivity index is 2.72. The van der Waals surface area contributed by atoms with Gasteiger partial charge in [0, 0.05) is 30.2 Å². The van der Waals surface area contributed by atoms with E-state index >= 15 is 0 Å². The number of carbonyl (C=O) groups is 1. The molecule has 0 aliphatic heterocycles. The second-order valence-corrected chi connectivity index (χ2v) is 4.30. The molecule has 0 aliphatic carbocycles. The molecule has 0 saturated heterocycles. The lowest BCUT2D eigenvalue weighted by atomic mass is 10.2. The number of rotatable bonds is 4. The summed E-state index contributed by atoms with van der Waals surface area (Å²) in [5.74, 6) is 0. The molecule has 2 aromatic heterocycles. The van der Waals surface area contributed by atoms with E-state index in [0.29, 0.717) is 17.1 Å². The molecule has 0 unspecified atom stereocenters. The molecule has 0 aromatic carbocycles. The summed E-state index contributed by atoms with van der Waals surface area (Å²) >= 11 is 6.29. The average molecular weight is 261 g/mol. The number of nitrogens with zero attached hydrogens (tertiary/aromatic N) is 2. The van der Waals surface area contributed by atoms with E-state index in [-0.39, 0.29) is 0 Å². The molecule has 0 radical (unpaired) electrons. The maximum Gasteiger partial charge on any atom is 0.153 e. The molecule has 0 spiro atoms. The maximum absolute atomic E-state index is 11.1. The molecule has 2 heterocycles. The first kappa shape index (κ1) is 12.6. The highest BCUT2D eigenvalue weighted by Gasteiger charge is 2.19. The molecule has 3 nitrogen and oxygen atoms in total. The van der Waals surface area contributed by atoms with Crippen LogP contribution in [-0.4, -0.2) is 15.8 Å². The smallest absolute Gasteiger partial charge is 0.153 e. The van der Waals surface area contributed by atoms with Gasteiger partial charge in [0.2, 0.25) is 0 Å². The van der Waals surface area contributed by atoms with E-state index in [0.717, 1.165) is 23.2 Å². The zero-order chi connectivity index (χ0) is 13.1. The highest BCUT2D eigenvalue weighted by molar-refractivity contribution is 6.35. The Kier molecular flexibility index (Phi) is 3.63. The van der Waals surface area contributed by atoms with Crippen LogP contribution < -0.4 is 0 Å². The molecule has 4 heteroatoms. The first-order chi connectivity index (χ1) is 8.70. The molecule has 0 saturated carbocycles. The van der Waals surface area contributed by atoms with Gasteiger partial charge < -0.3 is 4.57 Å². The van der Waals surface area contributed by atoms with E-state index in [1.54, 1.807) is 18.5 Å². The van der Waals surface area contributed by atoms with Gasteiger partial charge in [-0.05, 0) is 19.1 Å². The zero-order valence-corrected chi connectivity index (χ0v) is 10.8. The van der Waals surface area contributed by atoms with Crippen molar-refractivity contribution in [2.75, 3.05) is 0 Å². The molecule has 92 valence electrons. The fourth-order valence-corrected chi connectivity index (χ4v) is 2.39. The van der Waals surface area contributed by atoms with Crippen LogP contribution in [0.4, 0.5) is 0 Å². The van der Waals surface area contributed by atoms with Crippen molar-refractivity contribution in [3.63, 3.8) is 0 Å². The Hall–Kier alpha value is -1.87. The number of aldehydes is 1. The number of hydrogen-bond donors (Lipinski definition) is 0. The van der Waals surface area contributed by atoms with Crippen molar-refractivity contribution in [2.24, 2.45) is 0 Å². The third kappa shape index (κ3) is 1.97. The predicted octanol–water partition coefficient (Wildman–Crippen LogP) is 3.51. The van der Waals surface area contributed by atoms with E-state index in [1.807, 2.05) is 23.6 Å². The average Bonchev–Trinajstić information content (AvgIpc) is 2.62. The summed E-state index contributed by atoms with van der Waals surface area (Å²) in [6.45, 7) is 6.20. The van der Waals surface area contributed by atoms with Gasteiger partial charge in [-0.1, -0.05) is 17.7 Å². The molecule has 0 amide bonds. The lowest BCUT2D eigenvalue weighted by Crippen LogP contribution is -2.00. The van der Waals surface area contributed by atoms with E-state index in [2.05, 4.69) is 11.6 Å². The second kappa shape index (κ2) is 5.19. The highest BCUT2D eigenvalue weighted by Crippen LogP contribution is 2.34. The minimum atomic E-state index is 0.470. The molecular formula is C14H13ClN2O. The van der Waals surface area contributed by atoms with Crippen molar-refractivity contribution >= 4 is 17.9 Å². The van der Waals surface area contributed by atoms with E-state index < -0.39 is 0 Å². The van der Waals surface area contributed by atoms with Crippen LogP contribution in [0.5, 0.6) is 0 Å². The third-order valence-electron chi connectivity index (χ3n) is 2.87. The van der Waals surface area contributed by atoms with Crippen molar-refractivity contribution in [2.45, 2.75) is 13.5 Å². The fourth-order valence-electron chi connectivity index (χ4n) is 2.00. The van der Waals surface area contributed by atoms with Crippen LogP contribution in [0.25, 0.3) is 11.3 Å². The topological polar surface area (TPSA) is 34.9 Å². The molecule has 2 rings (SSSR count). The van der Waals surface area contributed by atoms with Gasteiger partial charge in [0.1, 0.15) is 0 Å².